The van der Waals surface area contributed by atoms with Crippen molar-refractivity contribution in [2.24, 2.45) is 0 Å². The molecule has 5 heteroatoms. The molecule has 1 aromatic rings. The number of carbonyl (C=O) groups excluding carboxylic acids is 1. The summed E-state index contributed by atoms with van der Waals surface area (Å²) in [6, 6.07) is 3.98. The van der Waals surface area contributed by atoms with Gasteiger partial charge < -0.3 is 10.6 Å². The van der Waals surface area contributed by atoms with E-state index >= 15 is 0 Å². The lowest BCUT2D eigenvalue weighted by atomic mass is 10.1. The summed E-state index contributed by atoms with van der Waals surface area (Å²) in [7, 11) is 1.60. The molecule has 0 bridgehead atoms. The molecule has 0 aliphatic rings. The minimum atomic E-state index is -0.0413. The second kappa shape index (κ2) is 5.85. The van der Waals surface area contributed by atoms with Crippen LogP contribution in [0.5, 0.6) is 0 Å². The third-order valence-corrected chi connectivity index (χ3v) is 2.38. The van der Waals surface area contributed by atoms with E-state index in [0.29, 0.717) is 24.3 Å². The summed E-state index contributed by atoms with van der Waals surface area (Å²) < 4.78 is 0. The van der Waals surface area contributed by atoms with Crippen LogP contribution in [-0.2, 0) is 4.79 Å². The highest BCUT2D eigenvalue weighted by atomic mass is 16.1. The maximum atomic E-state index is 11.1. The highest BCUT2D eigenvalue weighted by Crippen LogP contribution is 2.17. The second-order valence-corrected chi connectivity index (χ2v) is 3.77. The van der Waals surface area contributed by atoms with E-state index in [1.165, 1.54) is 0 Å². The first-order valence-corrected chi connectivity index (χ1v) is 5.41. The molecule has 0 fully saturated rings. The van der Waals surface area contributed by atoms with Gasteiger partial charge in [0, 0.05) is 25.7 Å². The number of aromatic nitrogens is 1. The van der Waals surface area contributed by atoms with Gasteiger partial charge in [-0.25, -0.2) is 4.98 Å². The van der Waals surface area contributed by atoms with Gasteiger partial charge in [0.25, 0.3) is 0 Å². The maximum absolute atomic E-state index is 11.1. The molecule has 0 aromatic carbocycles. The van der Waals surface area contributed by atoms with Crippen molar-refractivity contribution in [3.63, 3.8) is 0 Å². The molecule has 0 saturated heterocycles. The van der Waals surface area contributed by atoms with Gasteiger partial charge in [0.2, 0.25) is 5.91 Å². The van der Waals surface area contributed by atoms with E-state index in [2.05, 4.69) is 21.7 Å². The van der Waals surface area contributed by atoms with E-state index in [-0.39, 0.29) is 5.91 Å². The number of aryl methyl sites for hydroxylation is 2. The number of pyridine rings is 1. The molecule has 0 saturated carbocycles. The van der Waals surface area contributed by atoms with Crippen LogP contribution in [0.25, 0.3) is 0 Å². The third-order valence-electron chi connectivity index (χ3n) is 2.38. The van der Waals surface area contributed by atoms with Gasteiger partial charge in [-0.3, -0.25) is 4.79 Å². The van der Waals surface area contributed by atoms with Crippen LogP contribution < -0.4 is 10.6 Å². The summed E-state index contributed by atoms with van der Waals surface area (Å²) in [6.07, 6.45) is 0.357. The maximum Gasteiger partial charge on any atom is 0.221 e. The molecular formula is C12H16N4O. The lowest BCUT2D eigenvalue weighted by Crippen LogP contribution is -2.21. The Kier molecular flexibility index (Phi) is 4.46. The van der Waals surface area contributed by atoms with Crippen molar-refractivity contribution in [1.82, 2.24) is 10.3 Å². The standard InChI is InChI=1S/C12H16N4O/c1-8-6-9(2)16-12(10(8)7-13)15-5-4-11(17)14-3/h6H,4-5H2,1-3H3,(H,14,17)(H,15,16). The van der Waals surface area contributed by atoms with Crippen LogP contribution >= 0.6 is 0 Å². The van der Waals surface area contributed by atoms with Gasteiger partial charge in [-0.05, 0) is 25.5 Å². The Morgan fingerprint density at radius 2 is 2.24 bits per heavy atom. The zero-order valence-electron chi connectivity index (χ0n) is 10.3. The fourth-order valence-electron chi connectivity index (χ4n) is 1.53. The zero-order chi connectivity index (χ0) is 12.8. The predicted molar refractivity (Wildman–Crippen MR) is 65.6 cm³/mol. The molecular weight excluding hydrogens is 216 g/mol. The molecule has 1 rings (SSSR count). The van der Waals surface area contributed by atoms with Crippen molar-refractivity contribution in [2.45, 2.75) is 20.3 Å². The van der Waals surface area contributed by atoms with Gasteiger partial charge in [-0.2, -0.15) is 5.26 Å². The second-order valence-electron chi connectivity index (χ2n) is 3.77. The molecule has 90 valence electrons. The van der Waals surface area contributed by atoms with Gasteiger partial charge in [0.1, 0.15) is 11.9 Å². The highest BCUT2D eigenvalue weighted by Gasteiger charge is 2.08. The summed E-state index contributed by atoms with van der Waals surface area (Å²) in [4.78, 5) is 15.3. The third kappa shape index (κ3) is 3.45. The van der Waals surface area contributed by atoms with Crippen molar-refractivity contribution in [2.75, 3.05) is 18.9 Å². The van der Waals surface area contributed by atoms with Gasteiger partial charge in [0.15, 0.2) is 0 Å². The number of amides is 1. The first-order chi connectivity index (χ1) is 8.08. The SMILES string of the molecule is CNC(=O)CCNc1nc(C)cc(C)c1C#N. The summed E-state index contributed by atoms with van der Waals surface area (Å²) in [5.41, 5.74) is 2.28. The van der Waals surface area contributed by atoms with E-state index in [1.807, 2.05) is 19.9 Å². The molecule has 0 atom stereocenters. The molecule has 0 spiro atoms. The van der Waals surface area contributed by atoms with Gasteiger partial charge in [0.05, 0.1) is 5.56 Å². The van der Waals surface area contributed by atoms with E-state index < -0.39 is 0 Å². The number of carbonyl (C=O) groups is 1. The predicted octanol–water partition coefficient (Wildman–Crippen LogP) is 1.12. The van der Waals surface area contributed by atoms with Gasteiger partial charge >= 0.3 is 0 Å². The number of hydrogen-bond acceptors (Lipinski definition) is 4. The molecule has 2 N–H and O–H groups in total. The smallest absolute Gasteiger partial charge is 0.221 e. The van der Waals surface area contributed by atoms with Crippen LogP contribution in [0.3, 0.4) is 0 Å². The van der Waals surface area contributed by atoms with Crippen molar-refractivity contribution in [3.8, 4) is 6.07 Å². The lowest BCUT2D eigenvalue weighted by Gasteiger charge is -2.09. The number of nitrogens with one attached hydrogen (secondary N) is 2. The molecule has 1 heterocycles. The Balaban J connectivity index is 2.77. The number of rotatable bonds is 4. The summed E-state index contributed by atoms with van der Waals surface area (Å²) in [5.74, 6) is 0.509. The van der Waals surface area contributed by atoms with Crippen molar-refractivity contribution >= 4 is 11.7 Å². The monoisotopic (exact) mass is 232 g/mol. The van der Waals surface area contributed by atoms with Crippen molar-refractivity contribution < 1.29 is 4.79 Å². The molecule has 5 nitrogen and oxygen atoms in total. The van der Waals surface area contributed by atoms with Crippen LogP contribution in [0.15, 0.2) is 6.07 Å². The molecule has 1 aromatic heterocycles. The van der Waals surface area contributed by atoms with Crippen LogP contribution in [0.4, 0.5) is 5.82 Å². The Bertz CT molecular complexity index is 462. The summed E-state index contributed by atoms with van der Waals surface area (Å²) in [5, 5.41) is 14.6. The molecule has 0 unspecified atom stereocenters. The van der Waals surface area contributed by atoms with E-state index in [0.717, 1.165) is 11.3 Å². The number of nitriles is 1. The van der Waals surface area contributed by atoms with E-state index in [4.69, 9.17) is 5.26 Å². The Morgan fingerprint density at radius 3 is 2.82 bits per heavy atom. The van der Waals surface area contributed by atoms with Gasteiger partial charge in [-0.15, -0.1) is 0 Å². The molecule has 0 aliphatic carbocycles. The number of hydrogen-bond donors (Lipinski definition) is 2. The molecule has 17 heavy (non-hydrogen) atoms. The Hall–Kier alpha value is -2.09. The first kappa shape index (κ1) is 13.0. The van der Waals surface area contributed by atoms with Crippen LogP contribution in [-0.4, -0.2) is 24.5 Å². The number of anilines is 1. The highest BCUT2D eigenvalue weighted by molar-refractivity contribution is 5.76. The normalized spacial score (nSPS) is 9.53. The fourth-order valence-corrected chi connectivity index (χ4v) is 1.53. The average molecular weight is 232 g/mol. The molecule has 0 aliphatic heterocycles. The van der Waals surface area contributed by atoms with Crippen molar-refractivity contribution in [1.29, 1.82) is 5.26 Å². The zero-order valence-corrected chi connectivity index (χ0v) is 10.3. The minimum absolute atomic E-state index is 0.0413. The van der Waals surface area contributed by atoms with Crippen LogP contribution in [0.1, 0.15) is 23.2 Å². The Labute approximate surface area is 101 Å². The van der Waals surface area contributed by atoms with E-state index in [1.54, 1.807) is 7.05 Å². The summed E-state index contributed by atoms with van der Waals surface area (Å²) >= 11 is 0. The van der Waals surface area contributed by atoms with Crippen LogP contribution in [0.2, 0.25) is 0 Å². The number of nitrogens with zero attached hydrogens (tertiary/aromatic N) is 2. The largest absolute Gasteiger partial charge is 0.368 e. The van der Waals surface area contributed by atoms with Crippen LogP contribution in [0, 0.1) is 25.2 Å². The molecule has 1 amide bonds. The van der Waals surface area contributed by atoms with Crippen molar-refractivity contribution in [3.05, 3.63) is 22.9 Å². The van der Waals surface area contributed by atoms with Gasteiger partial charge in [-0.1, -0.05) is 0 Å². The average Bonchev–Trinajstić information content (AvgIpc) is 2.28. The topological polar surface area (TPSA) is 77.8 Å². The van der Waals surface area contributed by atoms with E-state index in [9.17, 15) is 4.79 Å². The minimum Gasteiger partial charge on any atom is -0.368 e. The fraction of sp³-hybridized carbons (Fsp3) is 0.417. The quantitative estimate of drug-likeness (QED) is 0.815. The summed E-state index contributed by atoms with van der Waals surface area (Å²) in [6.45, 7) is 4.21. The molecule has 0 radical (unpaired) electrons. The lowest BCUT2D eigenvalue weighted by molar-refractivity contribution is -0.120. The first-order valence-electron chi connectivity index (χ1n) is 5.41. The Morgan fingerprint density at radius 1 is 1.53 bits per heavy atom.